The molecule has 0 atom stereocenters. The number of hydrogen-bond acceptors (Lipinski definition) is 5. The maximum Gasteiger partial charge on any atom is 0.266 e. The number of amides is 1. The Kier molecular flexibility index (Phi) is 5.98. The van der Waals surface area contributed by atoms with Crippen LogP contribution in [0.15, 0.2) is 59.6 Å². The quantitative estimate of drug-likeness (QED) is 0.382. The molecule has 7 heteroatoms. The van der Waals surface area contributed by atoms with Crippen LogP contribution in [0, 0.1) is 6.92 Å². The third kappa shape index (κ3) is 4.16. The zero-order valence-corrected chi connectivity index (χ0v) is 19.5. The fourth-order valence-corrected chi connectivity index (χ4v) is 5.04. The van der Waals surface area contributed by atoms with Crippen molar-refractivity contribution in [1.82, 2.24) is 14.7 Å². The summed E-state index contributed by atoms with van der Waals surface area (Å²) in [5, 5.41) is 4.85. The van der Waals surface area contributed by atoms with E-state index in [9.17, 15) is 4.79 Å². The highest BCUT2D eigenvalue weighted by Crippen LogP contribution is 2.36. The van der Waals surface area contributed by atoms with E-state index in [1.54, 1.807) is 12.0 Å². The van der Waals surface area contributed by atoms with Crippen LogP contribution in [0.4, 0.5) is 0 Å². The number of carbonyl (C=O) groups is 1. The predicted octanol–water partition coefficient (Wildman–Crippen LogP) is 5.47. The number of nitrogens with zero attached hydrogens (tertiary/aromatic N) is 3. The van der Waals surface area contributed by atoms with Gasteiger partial charge in [-0.25, -0.2) is 4.68 Å². The molecule has 0 unspecified atom stereocenters. The van der Waals surface area contributed by atoms with Crippen molar-refractivity contribution in [3.05, 3.63) is 70.8 Å². The second-order valence-corrected chi connectivity index (χ2v) is 9.22. The van der Waals surface area contributed by atoms with Gasteiger partial charge in [0, 0.05) is 23.4 Å². The molecule has 0 aliphatic carbocycles. The van der Waals surface area contributed by atoms with Crippen LogP contribution in [0.2, 0.25) is 0 Å². The number of rotatable bonds is 5. The molecule has 0 spiro atoms. The van der Waals surface area contributed by atoms with Crippen molar-refractivity contribution in [3.63, 3.8) is 0 Å². The Hall–Kier alpha value is -2.90. The second kappa shape index (κ2) is 8.69. The highest BCUT2D eigenvalue weighted by molar-refractivity contribution is 8.26. The zero-order valence-electron chi connectivity index (χ0n) is 17.8. The number of ether oxygens (including phenoxy) is 1. The van der Waals surface area contributed by atoms with Crippen LogP contribution in [-0.4, -0.2) is 38.1 Å². The van der Waals surface area contributed by atoms with Gasteiger partial charge in [-0.05, 0) is 62.7 Å². The lowest BCUT2D eigenvalue weighted by Crippen LogP contribution is -2.34. The molecule has 1 aromatic heterocycles. The number of methoxy groups -OCH3 is 1. The standard InChI is InChI=1S/C24H23N3O2S2/c1-15(2)27-23(28)21(31-24(27)30)13-18-14-26(19-8-6-5-7-9-19)25-22(18)17-10-11-20(29-4)16(3)12-17/h5-15H,1-4H3/b21-13-. The number of aromatic nitrogens is 2. The van der Waals surface area contributed by atoms with Crippen LogP contribution in [0.25, 0.3) is 23.0 Å². The number of benzene rings is 2. The van der Waals surface area contributed by atoms with Crippen molar-refractivity contribution in [2.45, 2.75) is 26.8 Å². The summed E-state index contributed by atoms with van der Waals surface area (Å²) in [6.45, 7) is 5.93. The van der Waals surface area contributed by atoms with Crippen molar-refractivity contribution < 1.29 is 9.53 Å². The maximum atomic E-state index is 12.9. The number of hydrogen-bond donors (Lipinski definition) is 0. The third-order valence-corrected chi connectivity index (χ3v) is 6.39. The average Bonchev–Trinajstić information content (AvgIpc) is 3.29. The molecule has 1 saturated heterocycles. The minimum Gasteiger partial charge on any atom is -0.496 e. The summed E-state index contributed by atoms with van der Waals surface area (Å²) in [4.78, 5) is 15.2. The molecule has 0 bridgehead atoms. The van der Waals surface area contributed by atoms with Crippen LogP contribution in [0.3, 0.4) is 0 Å². The van der Waals surface area contributed by atoms with Gasteiger partial charge in [0.25, 0.3) is 5.91 Å². The largest absolute Gasteiger partial charge is 0.496 e. The van der Waals surface area contributed by atoms with Crippen LogP contribution < -0.4 is 4.74 Å². The lowest BCUT2D eigenvalue weighted by atomic mass is 10.0. The third-order valence-electron chi connectivity index (χ3n) is 5.06. The first-order chi connectivity index (χ1) is 14.9. The first-order valence-corrected chi connectivity index (χ1v) is 11.2. The Morgan fingerprint density at radius 1 is 1.16 bits per heavy atom. The molecule has 0 radical (unpaired) electrons. The normalized spacial score (nSPS) is 15.4. The van der Waals surface area contributed by atoms with Crippen LogP contribution in [0.1, 0.15) is 25.0 Å². The maximum absolute atomic E-state index is 12.9. The van der Waals surface area contributed by atoms with Gasteiger partial charge in [-0.2, -0.15) is 5.10 Å². The van der Waals surface area contributed by atoms with Gasteiger partial charge in [0.05, 0.1) is 17.7 Å². The number of thioether (sulfide) groups is 1. The van der Waals surface area contributed by atoms with Crippen molar-refractivity contribution >= 4 is 40.3 Å². The molecule has 158 valence electrons. The van der Waals surface area contributed by atoms with E-state index in [4.69, 9.17) is 22.1 Å². The van der Waals surface area contributed by atoms with E-state index < -0.39 is 0 Å². The highest BCUT2D eigenvalue weighted by atomic mass is 32.2. The summed E-state index contributed by atoms with van der Waals surface area (Å²) in [5.41, 5.74) is 4.58. The van der Waals surface area contributed by atoms with E-state index in [-0.39, 0.29) is 11.9 Å². The molecule has 1 aliphatic heterocycles. The molecule has 1 aliphatic rings. The van der Waals surface area contributed by atoms with Gasteiger partial charge in [-0.3, -0.25) is 9.69 Å². The monoisotopic (exact) mass is 449 g/mol. The number of aryl methyl sites for hydroxylation is 1. The molecule has 4 rings (SSSR count). The van der Waals surface area contributed by atoms with E-state index >= 15 is 0 Å². The molecule has 1 amide bonds. The minimum atomic E-state index is -0.0608. The number of para-hydroxylation sites is 1. The molecule has 0 saturated carbocycles. The SMILES string of the molecule is COc1ccc(-c2nn(-c3ccccc3)cc2/C=C2\SC(=S)N(C(C)C)C2=O)cc1C. The molecule has 31 heavy (non-hydrogen) atoms. The molecular formula is C24H23N3O2S2. The van der Waals surface area contributed by atoms with E-state index in [1.807, 2.05) is 86.3 Å². The fourth-order valence-electron chi connectivity index (χ4n) is 3.52. The fraction of sp³-hybridized carbons (Fsp3) is 0.208. The van der Waals surface area contributed by atoms with Crippen molar-refractivity contribution in [2.75, 3.05) is 7.11 Å². The van der Waals surface area contributed by atoms with Gasteiger partial charge in [0.1, 0.15) is 15.8 Å². The Bertz CT molecular complexity index is 1180. The van der Waals surface area contributed by atoms with Gasteiger partial charge in [0.2, 0.25) is 0 Å². The molecule has 0 N–H and O–H groups in total. The van der Waals surface area contributed by atoms with E-state index in [0.717, 1.165) is 33.8 Å². The van der Waals surface area contributed by atoms with Crippen molar-refractivity contribution in [1.29, 1.82) is 0 Å². The Balaban J connectivity index is 1.83. The Labute approximate surface area is 191 Å². The first kappa shape index (κ1) is 21.3. The van der Waals surface area contributed by atoms with Crippen LogP contribution >= 0.6 is 24.0 Å². The Morgan fingerprint density at radius 2 is 1.90 bits per heavy atom. The van der Waals surface area contributed by atoms with Crippen molar-refractivity contribution in [3.8, 4) is 22.7 Å². The van der Waals surface area contributed by atoms with Gasteiger partial charge in [-0.15, -0.1) is 0 Å². The molecule has 2 heterocycles. The second-order valence-electron chi connectivity index (χ2n) is 7.54. The summed E-state index contributed by atoms with van der Waals surface area (Å²) in [6.07, 6.45) is 3.84. The summed E-state index contributed by atoms with van der Waals surface area (Å²) < 4.78 is 7.83. The number of carbonyl (C=O) groups excluding carboxylic acids is 1. The zero-order chi connectivity index (χ0) is 22.1. The van der Waals surface area contributed by atoms with Gasteiger partial charge in [-0.1, -0.05) is 42.2 Å². The van der Waals surface area contributed by atoms with Gasteiger partial charge in [0.15, 0.2) is 0 Å². The van der Waals surface area contributed by atoms with Gasteiger partial charge < -0.3 is 4.74 Å². The molecule has 5 nitrogen and oxygen atoms in total. The van der Waals surface area contributed by atoms with Crippen LogP contribution in [0.5, 0.6) is 5.75 Å². The van der Waals surface area contributed by atoms with E-state index in [2.05, 4.69) is 0 Å². The summed E-state index contributed by atoms with van der Waals surface area (Å²) >= 11 is 6.77. The topological polar surface area (TPSA) is 47.4 Å². The van der Waals surface area contributed by atoms with Crippen molar-refractivity contribution in [2.24, 2.45) is 0 Å². The summed E-state index contributed by atoms with van der Waals surface area (Å²) in [6, 6.07) is 15.9. The highest BCUT2D eigenvalue weighted by Gasteiger charge is 2.34. The lowest BCUT2D eigenvalue weighted by molar-refractivity contribution is -0.123. The van der Waals surface area contributed by atoms with Gasteiger partial charge >= 0.3 is 0 Å². The summed E-state index contributed by atoms with van der Waals surface area (Å²) in [7, 11) is 1.66. The number of thiocarbonyl (C=S) groups is 1. The van der Waals surface area contributed by atoms with E-state index in [0.29, 0.717) is 9.23 Å². The predicted molar refractivity (Wildman–Crippen MR) is 130 cm³/mol. The molecular weight excluding hydrogens is 426 g/mol. The van der Waals surface area contributed by atoms with E-state index in [1.165, 1.54) is 11.8 Å². The summed E-state index contributed by atoms with van der Waals surface area (Å²) in [5.74, 6) is 0.764. The smallest absolute Gasteiger partial charge is 0.266 e. The molecule has 3 aromatic rings. The Morgan fingerprint density at radius 3 is 2.52 bits per heavy atom. The average molecular weight is 450 g/mol. The first-order valence-electron chi connectivity index (χ1n) is 9.96. The lowest BCUT2D eigenvalue weighted by Gasteiger charge is -2.18. The minimum absolute atomic E-state index is 0.0224. The van der Waals surface area contributed by atoms with Crippen LogP contribution in [-0.2, 0) is 4.79 Å². The molecule has 2 aromatic carbocycles. The molecule has 1 fully saturated rings.